The number of hydrogen-bond donors (Lipinski definition) is 0. The monoisotopic (exact) mass is 273 g/mol. The first kappa shape index (κ1) is 13.5. The van der Waals surface area contributed by atoms with Gasteiger partial charge in [0.1, 0.15) is 5.82 Å². The van der Waals surface area contributed by atoms with Gasteiger partial charge in [-0.1, -0.05) is 6.07 Å². The zero-order chi connectivity index (χ0) is 13.2. The molecule has 0 aromatic heterocycles. The summed E-state index contributed by atoms with van der Waals surface area (Å²) in [6, 6.07) is 5.14. The first-order valence-electron chi connectivity index (χ1n) is 5.82. The average Bonchev–Trinajstić information content (AvgIpc) is 3.14. The van der Waals surface area contributed by atoms with Gasteiger partial charge in [0.15, 0.2) is 0 Å². The zero-order valence-electron chi connectivity index (χ0n) is 10.2. The SMILES string of the molecule is COCCN(C1CC1)S(=O)(=O)c1cccc(F)c1. The van der Waals surface area contributed by atoms with E-state index < -0.39 is 15.8 Å². The quantitative estimate of drug-likeness (QED) is 0.791. The summed E-state index contributed by atoms with van der Waals surface area (Å²) in [6.45, 7) is 0.644. The minimum absolute atomic E-state index is 0.00510. The Kier molecular flexibility index (Phi) is 3.99. The van der Waals surface area contributed by atoms with Gasteiger partial charge >= 0.3 is 0 Å². The van der Waals surface area contributed by atoms with Crippen LogP contribution in [0.5, 0.6) is 0 Å². The number of halogens is 1. The number of benzene rings is 1. The van der Waals surface area contributed by atoms with Crippen molar-refractivity contribution < 1.29 is 17.5 Å². The van der Waals surface area contributed by atoms with Crippen molar-refractivity contribution in [3.63, 3.8) is 0 Å². The molecule has 1 aliphatic rings. The van der Waals surface area contributed by atoms with Gasteiger partial charge in [-0.15, -0.1) is 0 Å². The van der Waals surface area contributed by atoms with Crippen molar-refractivity contribution in [3.8, 4) is 0 Å². The van der Waals surface area contributed by atoms with Crippen molar-refractivity contribution in [1.29, 1.82) is 0 Å². The van der Waals surface area contributed by atoms with Crippen molar-refractivity contribution in [2.45, 2.75) is 23.8 Å². The van der Waals surface area contributed by atoms with E-state index in [1.54, 1.807) is 0 Å². The van der Waals surface area contributed by atoms with E-state index in [1.165, 1.54) is 29.6 Å². The number of methoxy groups -OCH3 is 1. The van der Waals surface area contributed by atoms with Gasteiger partial charge in [-0.2, -0.15) is 4.31 Å². The van der Waals surface area contributed by atoms with Crippen LogP contribution in [0.2, 0.25) is 0 Å². The molecule has 1 saturated carbocycles. The highest BCUT2D eigenvalue weighted by Gasteiger charge is 2.37. The van der Waals surface area contributed by atoms with Crippen molar-refractivity contribution in [2.75, 3.05) is 20.3 Å². The molecule has 0 N–H and O–H groups in total. The fraction of sp³-hybridized carbons (Fsp3) is 0.500. The number of ether oxygens (including phenoxy) is 1. The first-order chi connectivity index (χ1) is 8.55. The Morgan fingerprint density at radius 1 is 1.44 bits per heavy atom. The summed E-state index contributed by atoms with van der Waals surface area (Å²) in [6.07, 6.45) is 1.72. The standard InChI is InChI=1S/C12H16FNO3S/c1-17-8-7-14(11-5-6-11)18(15,16)12-4-2-3-10(13)9-12/h2-4,9,11H,5-8H2,1H3. The maximum atomic E-state index is 13.1. The second-order valence-corrected chi connectivity index (χ2v) is 6.19. The number of rotatable bonds is 6. The number of hydrogen-bond acceptors (Lipinski definition) is 3. The summed E-state index contributed by atoms with van der Waals surface area (Å²) in [7, 11) is -2.09. The van der Waals surface area contributed by atoms with Crippen LogP contribution < -0.4 is 0 Å². The van der Waals surface area contributed by atoms with Crippen LogP contribution in [0.3, 0.4) is 0 Å². The van der Waals surface area contributed by atoms with E-state index in [0.717, 1.165) is 18.9 Å². The molecule has 4 nitrogen and oxygen atoms in total. The maximum Gasteiger partial charge on any atom is 0.243 e. The zero-order valence-corrected chi connectivity index (χ0v) is 11.0. The molecule has 0 spiro atoms. The Bertz CT molecular complexity index is 514. The van der Waals surface area contributed by atoms with Crippen LogP contribution in [0.25, 0.3) is 0 Å². The van der Waals surface area contributed by atoms with Gasteiger partial charge < -0.3 is 4.74 Å². The largest absolute Gasteiger partial charge is 0.383 e. The lowest BCUT2D eigenvalue weighted by atomic mass is 10.4. The van der Waals surface area contributed by atoms with Crippen LogP contribution >= 0.6 is 0 Å². The molecule has 0 unspecified atom stereocenters. The molecular weight excluding hydrogens is 257 g/mol. The summed E-state index contributed by atoms with van der Waals surface area (Å²) in [5.41, 5.74) is 0. The average molecular weight is 273 g/mol. The molecular formula is C12H16FNO3S. The van der Waals surface area contributed by atoms with Crippen LogP contribution in [-0.4, -0.2) is 39.0 Å². The smallest absolute Gasteiger partial charge is 0.243 e. The highest BCUT2D eigenvalue weighted by Crippen LogP contribution is 2.31. The van der Waals surface area contributed by atoms with Gasteiger partial charge in [0, 0.05) is 19.7 Å². The summed E-state index contributed by atoms with van der Waals surface area (Å²) >= 11 is 0. The summed E-state index contributed by atoms with van der Waals surface area (Å²) in [5, 5.41) is 0. The Morgan fingerprint density at radius 3 is 2.72 bits per heavy atom. The van der Waals surface area contributed by atoms with Gasteiger partial charge in [0.2, 0.25) is 10.0 Å². The lowest BCUT2D eigenvalue weighted by Crippen LogP contribution is -2.35. The molecule has 100 valence electrons. The van der Waals surface area contributed by atoms with Gasteiger partial charge in [-0.25, -0.2) is 12.8 Å². The minimum Gasteiger partial charge on any atom is -0.383 e. The maximum absolute atomic E-state index is 13.1. The predicted octanol–water partition coefficient (Wildman–Crippen LogP) is 1.63. The number of sulfonamides is 1. The molecule has 1 aromatic rings. The highest BCUT2D eigenvalue weighted by molar-refractivity contribution is 7.89. The van der Waals surface area contributed by atoms with Crippen molar-refractivity contribution in [1.82, 2.24) is 4.31 Å². The molecule has 18 heavy (non-hydrogen) atoms. The van der Waals surface area contributed by atoms with E-state index >= 15 is 0 Å². The lowest BCUT2D eigenvalue weighted by Gasteiger charge is -2.21. The van der Waals surface area contributed by atoms with E-state index in [4.69, 9.17) is 4.74 Å². The molecule has 2 rings (SSSR count). The molecule has 1 aliphatic carbocycles. The molecule has 1 fully saturated rings. The minimum atomic E-state index is -3.62. The van der Waals surface area contributed by atoms with E-state index in [-0.39, 0.29) is 10.9 Å². The summed E-state index contributed by atoms with van der Waals surface area (Å²) < 4.78 is 44.2. The Labute approximate surface area is 106 Å². The van der Waals surface area contributed by atoms with Crippen LogP contribution in [0, 0.1) is 5.82 Å². The Balaban J connectivity index is 2.27. The van der Waals surface area contributed by atoms with Gasteiger partial charge in [-0.05, 0) is 31.0 Å². The van der Waals surface area contributed by atoms with E-state index in [2.05, 4.69) is 0 Å². The third-order valence-corrected chi connectivity index (χ3v) is 4.82. The second kappa shape index (κ2) is 5.34. The van der Waals surface area contributed by atoms with Crippen molar-refractivity contribution >= 4 is 10.0 Å². The molecule has 0 atom stereocenters. The third kappa shape index (κ3) is 2.88. The van der Waals surface area contributed by atoms with Crippen molar-refractivity contribution in [3.05, 3.63) is 30.1 Å². The summed E-state index contributed by atoms with van der Waals surface area (Å²) in [4.78, 5) is 0.00510. The van der Waals surface area contributed by atoms with E-state index in [0.29, 0.717) is 13.2 Å². The second-order valence-electron chi connectivity index (χ2n) is 4.30. The fourth-order valence-corrected chi connectivity index (χ4v) is 3.51. The molecule has 0 amide bonds. The third-order valence-electron chi connectivity index (χ3n) is 2.87. The van der Waals surface area contributed by atoms with Gasteiger partial charge in [-0.3, -0.25) is 0 Å². The molecule has 0 heterocycles. The van der Waals surface area contributed by atoms with Crippen LogP contribution in [0.4, 0.5) is 4.39 Å². The molecule has 1 aromatic carbocycles. The topological polar surface area (TPSA) is 46.6 Å². The van der Waals surface area contributed by atoms with Gasteiger partial charge in [0.25, 0.3) is 0 Å². The first-order valence-corrected chi connectivity index (χ1v) is 7.26. The van der Waals surface area contributed by atoms with E-state index in [1.807, 2.05) is 0 Å². The summed E-state index contributed by atoms with van der Waals surface area (Å²) in [5.74, 6) is -0.543. The molecule has 0 aliphatic heterocycles. The van der Waals surface area contributed by atoms with E-state index in [9.17, 15) is 12.8 Å². The van der Waals surface area contributed by atoms with Gasteiger partial charge in [0.05, 0.1) is 11.5 Å². The van der Waals surface area contributed by atoms with Crippen LogP contribution in [-0.2, 0) is 14.8 Å². The molecule has 0 radical (unpaired) electrons. The molecule has 0 bridgehead atoms. The Morgan fingerprint density at radius 2 is 2.17 bits per heavy atom. The lowest BCUT2D eigenvalue weighted by molar-refractivity contribution is 0.177. The molecule has 0 saturated heterocycles. The number of nitrogens with zero attached hydrogens (tertiary/aromatic N) is 1. The predicted molar refractivity (Wildman–Crippen MR) is 65.2 cm³/mol. The fourth-order valence-electron chi connectivity index (χ4n) is 1.81. The highest BCUT2D eigenvalue weighted by atomic mass is 32.2. The Hall–Kier alpha value is -0.980. The molecule has 6 heteroatoms. The van der Waals surface area contributed by atoms with Crippen LogP contribution in [0.15, 0.2) is 29.2 Å². The van der Waals surface area contributed by atoms with Crippen molar-refractivity contribution in [2.24, 2.45) is 0 Å². The van der Waals surface area contributed by atoms with Crippen LogP contribution in [0.1, 0.15) is 12.8 Å². The normalized spacial score (nSPS) is 16.2.